The van der Waals surface area contributed by atoms with E-state index in [-0.39, 0.29) is 24.3 Å². The summed E-state index contributed by atoms with van der Waals surface area (Å²) in [5, 5.41) is 8.98. The Balaban J connectivity index is 2.04. The van der Waals surface area contributed by atoms with Crippen molar-refractivity contribution in [1.82, 2.24) is 14.8 Å². The summed E-state index contributed by atoms with van der Waals surface area (Å²) in [7, 11) is 0. The number of likely N-dealkylation sites (tertiary alicyclic amines) is 1. The Hall–Kier alpha value is -2.44. The van der Waals surface area contributed by atoms with Gasteiger partial charge in [-0.2, -0.15) is 0 Å². The highest BCUT2D eigenvalue weighted by Crippen LogP contribution is 2.21. The maximum atomic E-state index is 12.6. The molecule has 1 N–H and O–H groups in total. The van der Waals surface area contributed by atoms with Crippen LogP contribution in [0.2, 0.25) is 0 Å². The lowest BCUT2D eigenvalue weighted by Crippen LogP contribution is -2.48. The Labute approximate surface area is 141 Å². The zero-order valence-corrected chi connectivity index (χ0v) is 13.9. The third kappa shape index (κ3) is 4.53. The molecule has 1 aromatic rings. The fourth-order valence-corrected chi connectivity index (χ4v) is 3.00. The first-order valence-corrected chi connectivity index (χ1v) is 8.22. The zero-order valence-electron chi connectivity index (χ0n) is 13.9. The molecule has 1 aliphatic heterocycles. The van der Waals surface area contributed by atoms with Gasteiger partial charge in [-0.1, -0.05) is 6.92 Å². The summed E-state index contributed by atoms with van der Waals surface area (Å²) in [4.78, 5) is 43.1. The molecule has 2 rings (SSSR count). The summed E-state index contributed by atoms with van der Waals surface area (Å²) < 4.78 is 0. The number of carboxylic acid groups (broad SMARTS) is 1. The van der Waals surface area contributed by atoms with E-state index >= 15 is 0 Å². The van der Waals surface area contributed by atoms with Crippen LogP contribution in [-0.4, -0.2) is 63.9 Å². The van der Waals surface area contributed by atoms with Gasteiger partial charge in [-0.3, -0.25) is 19.4 Å². The largest absolute Gasteiger partial charge is 0.480 e. The summed E-state index contributed by atoms with van der Waals surface area (Å²) in [5.74, 6) is -1.64. The van der Waals surface area contributed by atoms with Crippen LogP contribution in [-0.2, 0) is 9.59 Å². The SMILES string of the molecule is CCCN(CC(=O)O)C(=O)C1CCCN(C(=O)c2ccncc2)C1. The van der Waals surface area contributed by atoms with E-state index in [9.17, 15) is 14.4 Å². The molecule has 24 heavy (non-hydrogen) atoms. The second kappa shape index (κ2) is 8.42. The van der Waals surface area contributed by atoms with Crippen LogP contribution in [0.4, 0.5) is 0 Å². The number of aliphatic carboxylic acids is 1. The maximum absolute atomic E-state index is 12.6. The first-order valence-electron chi connectivity index (χ1n) is 8.22. The molecule has 0 aromatic carbocycles. The molecule has 1 saturated heterocycles. The van der Waals surface area contributed by atoms with Crippen molar-refractivity contribution < 1.29 is 19.5 Å². The number of amides is 2. The fourth-order valence-electron chi connectivity index (χ4n) is 3.00. The lowest BCUT2D eigenvalue weighted by molar-refractivity contribution is -0.147. The molecule has 1 unspecified atom stereocenters. The number of piperidine rings is 1. The second-order valence-electron chi connectivity index (χ2n) is 5.98. The molecular formula is C17H23N3O4. The van der Waals surface area contributed by atoms with E-state index < -0.39 is 5.97 Å². The lowest BCUT2D eigenvalue weighted by atomic mass is 9.95. The third-order valence-electron chi connectivity index (χ3n) is 4.12. The van der Waals surface area contributed by atoms with Crippen LogP contribution in [0.25, 0.3) is 0 Å². The standard InChI is InChI=1S/C17H23N3O4/c1-2-9-19(12-15(21)22)17(24)14-4-3-10-20(11-14)16(23)13-5-7-18-8-6-13/h5-8,14H,2-4,9-12H2,1H3,(H,21,22). The van der Waals surface area contributed by atoms with E-state index in [1.807, 2.05) is 6.92 Å². The van der Waals surface area contributed by atoms with Crippen molar-refractivity contribution in [3.05, 3.63) is 30.1 Å². The highest BCUT2D eigenvalue weighted by atomic mass is 16.4. The van der Waals surface area contributed by atoms with Gasteiger partial charge in [-0.15, -0.1) is 0 Å². The number of hydrogen-bond acceptors (Lipinski definition) is 4. The molecule has 0 aliphatic carbocycles. The van der Waals surface area contributed by atoms with Crippen LogP contribution < -0.4 is 0 Å². The molecular weight excluding hydrogens is 310 g/mol. The van der Waals surface area contributed by atoms with Gasteiger partial charge >= 0.3 is 5.97 Å². The number of hydrogen-bond donors (Lipinski definition) is 1. The normalized spacial score (nSPS) is 17.4. The van der Waals surface area contributed by atoms with Crippen LogP contribution in [0.15, 0.2) is 24.5 Å². The van der Waals surface area contributed by atoms with Gasteiger partial charge in [-0.05, 0) is 31.4 Å². The monoisotopic (exact) mass is 333 g/mol. The summed E-state index contributed by atoms with van der Waals surface area (Å²) in [5.41, 5.74) is 0.550. The minimum Gasteiger partial charge on any atom is -0.480 e. The smallest absolute Gasteiger partial charge is 0.323 e. The van der Waals surface area contributed by atoms with E-state index in [1.165, 1.54) is 4.90 Å². The highest BCUT2D eigenvalue weighted by Gasteiger charge is 2.32. The van der Waals surface area contributed by atoms with Gasteiger partial charge in [-0.25, -0.2) is 0 Å². The topological polar surface area (TPSA) is 90.8 Å². The predicted octanol–water partition coefficient (Wildman–Crippen LogP) is 1.26. The van der Waals surface area contributed by atoms with Crippen molar-refractivity contribution >= 4 is 17.8 Å². The number of carboxylic acids is 1. The molecule has 130 valence electrons. The minimum atomic E-state index is -1.02. The van der Waals surface area contributed by atoms with Crippen molar-refractivity contribution in [3.63, 3.8) is 0 Å². The van der Waals surface area contributed by atoms with E-state index in [0.29, 0.717) is 38.0 Å². The minimum absolute atomic E-state index is 0.116. The summed E-state index contributed by atoms with van der Waals surface area (Å²) >= 11 is 0. The van der Waals surface area contributed by atoms with Crippen molar-refractivity contribution in [2.75, 3.05) is 26.2 Å². The van der Waals surface area contributed by atoms with Gasteiger partial charge in [0.1, 0.15) is 6.54 Å². The van der Waals surface area contributed by atoms with E-state index in [1.54, 1.807) is 29.4 Å². The third-order valence-corrected chi connectivity index (χ3v) is 4.12. The van der Waals surface area contributed by atoms with Gasteiger partial charge in [0.05, 0.1) is 5.92 Å². The predicted molar refractivity (Wildman–Crippen MR) is 87.4 cm³/mol. The number of rotatable bonds is 6. The Kier molecular flexibility index (Phi) is 6.28. The van der Waals surface area contributed by atoms with Gasteiger partial charge in [0.25, 0.3) is 5.91 Å². The molecule has 1 aromatic heterocycles. The molecule has 0 saturated carbocycles. The van der Waals surface area contributed by atoms with Crippen molar-refractivity contribution in [1.29, 1.82) is 0 Å². The van der Waals surface area contributed by atoms with E-state index in [2.05, 4.69) is 4.98 Å². The van der Waals surface area contributed by atoms with Crippen molar-refractivity contribution in [2.45, 2.75) is 26.2 Å². The van der Waals surface area contributed by atoms with E-state index in [0.717, 1.165) is 6.42 Å². The number of pyridine rings is 1. The molecule has 2 heterocycles. The first-order chi connectivity index (χ1) is 11.5. The molecule has 1 atom stereocenters. The Morgan fingerprint density at radius 1 is 1.33 bits per heavy atom. The van der Waals surface area contributed by atoms with E-state index in [4.69, 9.17) is 5.11 Å². The quantitative estimate of drug-likeness (QED) is 0.846. The number of carbonyl (C=O) groups excluding carboxylic acids is 2. The van der Waals surface area contributed by atoms with Crippen molar-refractivity contribution in [3.8, 4) is 0 Å². The van der Waals surface area contributed by atoms with Gasteiger partial charge < -0.3 is 14.9 Å². The van der Waals surface area contributed by atoms with Gasteiger partial charge in [0.2, 0.25) is 5.91 Å². The second-order valence-corrected chi connectivity index (χ2v) is 5.98. The molecule has 0 radical (unpaired) electrons. The molecule has 0 spiro atoms. The number of carbonyl (C=O) groups is 3. The Morgan fingerprint density at radius 2 is 2.04 bits per heavy atom. The van der Waals surface area contributed by atoms with Crippen molar-refractivity contribution in [2.24, 2.45) is 5.92 Å². The van der Waals surface area contributed by atoms with Crippen LogP contribution in [0.1, 0.15) is 36.5 Å². The molecule has 1 aliphatic rings. The molecule has 0 bridgehead atoms. The Bertz CT molecular complexity index is 591. The van der Waals surface area contributed by atoms with Crippen LogP contribution in [0.3, 0.4) is 0 Å². The Morgan fingerprint density at radius 3 is 2.67 bits per heavy atom. The number of nitrogens with zero attached hydrogens (tertiary/aromatic N) is 3. The summed E-state index contributed by atoms with van der Waals surface area (Å²) in [6.07, 6.45) is 5.25. The molecule has 7 heteroatoms. The zero-order chi connectivity index (χ0) is 17.5. The molecule has 1 fully saturated rings. The average molecular weight is 333 g/mol. The maximum Gasteiger partial charge on any atom is 0.323 e. The average Bonchev–Trinajstić information content (AvgIpc) is 2.60. The van der Waals surface area contributed by atoms with Crippen LogP contribution in [0, 0.1) is 5.92 Å². The molecule has 2 amide bonds. The van der Waals surface area contributed by atoms with Gasteiger partial charge in [0, 0.05) is 37.6 Å². The fraction of sp³-hybridized carbons (Fsp3) is 0.529. The van der Waals surface area contributed by atoms with Crippen LogP contribution in [0.5, 0.6) is 0 Å². The lowest BCUT2D eigenvalue weighted by Gasteiger charge is -2.34. The highest BCUT2D eigenvalue weighted by molar-refractivity contribution is 5.94. The van der Waals surface area contributed by atoms with Gasteiger partial charge in [0.15, 0.2) is 0 Å². The first kappa shape index (κ1) is 17.9. The number of aromatic nitrogens is 1. The summed E-state index contributed by atoms with van der Waals surface area (Å²) in [6.45, 7) is 2.97. The molecule has 7 nitrogen and oxygen atoms in total. The summed E-state index contributed by atoms with van der Waals surface area (Å²) in [6, 6.07) is 3.31. The van der Waals surface area contributed by atoms with Crippen LogP contribution >= 0.6 is 0 Å².